The van der Waals surface area contributed by atoms with E-state index < -0.39 is 0 Å². The van der Waals surface area contributed by atoms with Gasteiger partial charge in [0.2, 0.25) is 0 Å². The molecule has 0 atom stereocenters. The van der Waals surface area contributed by atoms with Crippen LogP contribution in [0.25, 0.3) is 10.9 Å². The van der Waals surface area contributed by atoms with Crippen LogP contribution in [0.1, 0.15) is 47.4 Å². The van der Waals surface area contributed by atoms with Gasteiger partial charge in [0, 0.05) is 37.1 Å². The summed E-state index contributed by atoms with van der Waals surface area (Å²) in [6.45, 7) is 1.13. The first-order chi connectivity index (χ1) is 14.0. The van der Waals surface area contributed by atoms with Crippen molar-refractivity contribution in [1.29, 1.82) is 0 Å². The van der Waals surface area contributed by atoms with Crippen LogP contribution in [0.5, 0.6) is 0 Å². The van der Waals surface area contributed by atoms with Crippen molar-refractivity contribution in [2.75, 3.05) is 7.05 Å². The van der Waals surface area contributed by atoms with Gasteiger partial charge in [0.05, 0.1) is 10.9 Å². The van der Waals surface area contributed by atoms with E-state index in [1.165, 1.54) is 6.42 Å². The summed E-state index contributed by atoms with van der Waals surface area (Å²) in [7, 11) is 1.75. The summed E-state index contributed by atoms with van der Waals surface area (Å²) in [5.41, 5.74) is 2.01. The van der Waals surface area contributed by atoms with Crippen LogP contribution >= 0.6 is 11.6 Å². The van der Waals surface area contributed by atoms with E-state index in [-0.39, 0.29) is 11.5 Å². The molecule has 4 rings (SSSR count). The molecule has 1 aliphatic heterocycles. The number of fused-ring (bicyclic) bond motifs is 2. The quantitative estimate of drug-likeness (QED) is 0.642. The average Bonchev–Trinajstić information content (AvgIpc) is 2.70. The highest BCUT2D eigenvalue weighted by Gasteiger charge is 2.17. The third-order valence-electron chi connectivity index (χ3n) is 5.53. The van der Waals surface area contributed by atoms with Gasteiger partial charge >= 0.3 is 0 Å². The van der Waals surface area contributed by atoms with Gasteiger partial charge in [-0.05, 0) is 42.7 Å². The van der Waals surface area contributed by atoms with Crippen molar-refractivity contribution < 1.29 is 4.79 Å². The Labute approximate surface area is 174 Å². The fraction of sp³-hybridized carbons (Fsp3) is 0.348. The summed E-state index contributed by atoms with van der Waals surface area (Å²) >= 11 is 6.22. The summed E-state index contributed by atoms with van der Waals surface area (Å²) < 4.78 is 1.81. The second-order valence-electron chi connectivity index (χ2n) is 7.63. The molecule has 6 heteroatoms. The Morgan fingerprint density at radius 1 is 1.14 bits per heavy atom. The molecule has 0 unspecified atom stereocenters. The van der Waals surface area contributed by atoms with Crippen molar-refractivity contribution in [3.8, 4) is 0 Å². The van der Waals surface area contributed by atoms with Gasteiger partial charge in [-0.25, -0.2) is 4.98 Å². The van der Waals surface area contributed by atoms with Crippen LogP contribution in [0.3, 0.4) is 0 Å². The van der Waals surface area contributed by atoms with Gasteiger partial charge in [0.1, 0.15) is 5.82 Å². The number of rotatable bonds is 3. The van der Waals surface area contributed by atoms with Crippen LogP contribution in [-0.2, 0) is 19.5 Å². The second kappa shape index (κ2) is 8.37. The monoisotopic (exact) mass is 409 g/mol. The highest BCUT2D eigenvalue weighted by Crippen LogP contribution is 2.20. The van der Waals surface area contributed by atoms with Crippen LogP contribution in [-0.4, -0.2) is 27.4 Å². The zero-order valence-corrected chi connectivity index (χ0v) is 17.3. The van der Waals surface area contributed by atoms with E-state index in [4.69, 9.17) is 16.6 Å². The molecular weight excluding hydrogens is 386 g/mol. The molecule has 0 radical (unpaired) electrons. The van der Waals surface area contributed by atoms with Crippen LogP contribution in [0.2, 0.25) is 5.02 Å². The first-order valence-corrected chi connectivity index (χ1v) is 10.4. The van der Waals surface area contributed by atoms with Crippen molar-refractivity contribution in [2.45, 2.75) is 45.2 Å². The summed E-state index contributed by atoms with van der Waals surface area (Å²) in [4.78, 5) is 32.3. The molecule has 150 valence electrons. The third-order valence-corrected chi connectivity index (χ3v) is 5.89. The van der Waals surface area contributed by atoms with Crippen molar-refractivity contribution in [3.05, 3.63) is 74.8 Å². The molecule has 0 aliphatic carbocycles. The van der Waals surface area contributed by atoms with E-state index in [2.05, 4.69) is 0 Å². The molecule has 1 aliphatic rings. The predicted molar refractivity (Wildman–Crippen MR) is 115 cm³/mol. The highest BCUT2D eigenvalue weighted by atomic mass is 35.5. The lowest BCUT2D eigenvalue weighted by molar-refractivity contribution is 0.0785. The molecule has 2 heterocycles. The first kappa shape index (κ1) is 19.6. The van der Waals surface area contributed by atoms with E-state index >= 15 is 0 Å². The number of halogens is 1. The van der Waals surface area contributed by atoms with Gasteiger partial charge in [-0.2, -0.15) is 0 Å². The Hall–Kier alpha value is -2.66. The lowest BCUT2D eigenvalue weighted by Crippen LogP contribution is -2.28. The van der Waals surface area contributed by atoms with Crippen LogP contribution < -0.4 is 5.56 Å². The molecule has 1 aromatic heterocycles. The summed E-state index contributed by atoms with van der Waals surface area (Å²) in [6.07, 6.45) is 5.16. The Morgan fingerprint density at radius 2 is 1.93 bits per heavy atom. The van der Waals surface area contributed by atoms with Crippen molar-refractivity contribution in [1.82, 2.24) is 14.5 Å². The van der Waals surface area contributed by atoms with Gasteiger partial charge in [-0.3, -0.25) is 14.2 Å². The number of nitrogens with zero attached hydrogens (tertiary/aromatic N) is 3. The average molecular weight is 410 g/mol. The fourth-order valence-electron chi connectivity index (χ4n) is 3.90. The Balaban J connectivity index is 1.66. The first-order valence-electron chi connectivity index (χ1n) is 10.1. The molecule has 0 N–H and O–H groups in total. The van der Waals surface area contributed by atoms with Crippen LogP contribution in [0, 0.1) is 0 Å². The van der Waals surface area contributed by atoms with Gasteiger partial charge in [0.25, 0.3) is 11.5 Å². The van der Waals surface area contributed by atoms with Gasteiger partial charge in [-0.1, -0.05) is 42.6 Å². The fourth-order valence-corrected chi connectivity index (χ4v) is 4.10. The lowest BCUT2D eigenvalue weighted by atomic mass is 10.1. The number of carbonyl (C=O) groups is 1. The maximum absolute atomic E-state index is 12.9. The highest BCUT2D eigenvalue weighted by molar-refractivity contribution is 6.31. The zero-order valence-electron chi connectivity index (χ0n) is 16.5. The Bertz CT molecular complexity index is 1120. The van der Waals surface area contributed by atoms with Crippen LogP contribution in [0.4, 0.5) is 0 Å². The van der Waals surface area contributed by atoms with Gasteiger partial charge < -0.3 is 4.90 Å². The van der Waals surface area contributed by atoms with E-state index in [0.29, 0.717) is 28.0 Å². The molecule has 3 aromatic rings. The van der Waals surface area contributed by atoms with Gasteiger partial charge in [-0.15, -0.1) is 0 Å². The second-order valence-corrected chi connectivity index (χ2v) is 8.04. The molecule has 0 saturated carbocycles. The number of hydrogen-bond donors (Lipinski definition) is 0. The van der Waals surface area contributed by atoms with Gasteiger partial charge in [0.15, 0.2) is 0 Å². The maximum atomic E-state index is 12.9. The predicted octanol–water partition coefficient (Wildman–Crippen LogP) is 4.44. The molecule has 0 fully saturated rings. The van der Waals surface area contributed by atoms with Crippen molar-refractivity contribution in [2.24, 2.45) is 0 Å². The SMILES string of the molecule is CN(Cc1ccccc1Cl)C(=O)c1ccc2c(=O)n3c(nc2c1)CCCCCC3. The third kappa shape index (κ3) is 4.06. The summed E-state index contributed by atoms with van der Waals surface area (Å²) in [5, 5.41) is 1.21. The van der Waals surface area contributed by atoms with Crippen molar-refractivity contribution in [3.63, 3.8) is 0 Å². The smallest absolute Gasteiger partial charge is 0.261 e. The van der Waals surface area contributed by atoms with E-state index in [9.17, 15) is 9.59 Å². The number of aryl methyl sites for hydroxylation is 1. The molecule has 0 bridgehead atoms. The summed E-state index contributed by atoms with van der Waals surface area (Å²) in [5.74, 6) is 0.705. The number of hydrogen-bond acceptors (Lipinski definition) is 3. The molecular formula is C23H24ClN3O2. The number of carbonyl (C=O) groups excluding carboxylic acids is 1. The van der Waals surface area contributed by atoms with E-state index in [1.54, 1.807) is 30.1 Å². The Morgan fingerprint density at radius 3 is 2.76 bits per heavy atom. The largest absolute Gasteiger partial charge is 0.337 e. The van der Waals surface area contributed by atoms with Crippen LogP contribution in [0.15, 0.2) is 47.3 Å². The standard InChI is InChI=1S/C23H24ClN3O2/c1-26(15-17-8-5-6-9-19(17)24)22(28)16-11-12-18-20(14-16)25-21-10-4-2-3-7-13-27(21)23(18)29/h5-6,8-9,11-12,14H,2-4,7,10,13,15H2,1H3. The number of amides is 1. The molecule has 1 amide bonds. The molecule has 2 aromatic carbocycles. The Kier molecular flexibility index (Phi) is 5.67. The molecule has 29 heavy (non-hydrogen) atoms. The normalized spacial score (nSPS) is 14.1. The summed E-state index contributed by atoms with van der Waals surface area (Å²) in [6, 6.07) is 12.7. The molecule has 0 saturated heterocycles. The minimum absolute atomic E-state index is 0.00433. The number of aromatic nitrogens is 2. The molecule has 5 nitrogen and oxygen atoms in total. The zero-order chi connectivity index (χ0) is 20.4. The topological polar surface area (TPSA) is 55.2 Å². The van der Waals surface area contributed by atoms with E-state index in [0.717, 1.165) is 43.6 Å². The van der Waals surface area contributed by atoms with E-state index in [1.807, 2.05) is 28.8 Å². The minimum Gasteiger partial charge on any atom is -0.337 e. The number of benzene rings is 2. The minimum atomic E-state index is -0.125. The maximum Gasteiger partial charge on any atom is 0.261 e. The lowest BCUT2D eigenvalue weighted by Gasteiger charge is -2.19. The molecule has 0 spiro atoms. The van der Waals surface area contributed by atoms with Crippen molar-refractivity contribution >= 4 is 28.4 Å².